The molecule has 5 rings (SSSR count). The Kier molecular flexibility index (Phi) is 9.02. The Bertz CT molecular complexity index is 1550. The van der Waals surface area contributed by atoms with Crippen LogP contribution in [-0.2, 0) is 6.54 Å². The van der Waals surface area contributed by atoms with Gasteiger partial charge in [0.15, 0.2) is 0 Å². The van der Waals surface area contributed by atoms with E-state index in [1.807, 2.05) is 17.0 Å². The minimum absolute atomic E-state index is 0.0424. The lowest BCUT2D eigenvalue weighted by molar-refractivity contribution is 0.0725. The van der Waals surface area contributed by atoms with Crippen LogP contribution in [-0.4, -0.2) is 63.1 Å². The molecular weight excluding hydrogens is 544 g/mol. The molecule has 0 spiro atoms. The van der Waals surface area contributed by atoms with Gasteiger partial charge in [0.05, 0.1) is 30.6 Å². The Morgan fingerprint density at radius 3 is 2.45 bits per heavy atom. The third-order valence-electron chi connectivity index (χ3n) is 6.83. The second-order valence-corrected chi connectivity index (χ2v) is 9.93. The number of anilines is 3. The zero-order valence-electron chi connectivity index (χ0n) is 22.8. The predicted octanol–water partition coefficient (Wildman–Crippen LogP) is 4.44. The molecule has 2 heterocycles. The summed E-state index contributed by atoms with van der Waals surface area (Å²) in [6.45, 7) is 2.09. The van der Waals surface area contributed by atoms with Gasteiger partial charge in [0.1, 0.15) is 17.3 Å². The number of rotatable bonds is 10. The molecule has 0 aliphatic carbocycles. The number of amides is 2. The molecule has 42 heavy (non-hydrogen) atoms. The summed E-state index contributed by atoms with van der Waals surface area (Å²) in [6.07, 6.45) is 4.83. The van der Waals surface area contributed by atoms with Crippen LogP contribution in [0, 0.1) is 11.6 Å². The molecule has 1 aliphatic heterocycles. The summed E-state index contributed by atoms with van der Waals surface area (Å²) in [7, 11) is 0. The number of aliphatic hydroxyl groups is 1. The van der Waals surface area contributed by atoms with Crippen LogP contribution in [0.3, 0.4) is 0 Å². The largest absolute Gasteiger partial charge is 0.395 e. The number of hydrogen-bond acceptors (Lipinski definition) is 7. The van der Waals surface area contributed by atoms with Gasteiger partial charge in [0.25, 0.3) is 11.8 Å². The zero-order chi connectivity index (χ0) is 29.5. The van der Waals surface area contributed by atoms with Gasteiger partial charge in [-0.15, -0.1) is 5.10 Å². The van der Waals surface area contributed by atoms with Crippen molar-refractivity contribution >= 4 is 28.9 Å². The fourth-order valence-corrected chi connectivity index (χ4v) is 4.76. The smallest absolute Gasteiger partial charge is 0.256 e. The number of carbonyl (C=O) groups is 2. The van der Waals surface area contributed by atoms with Crippen LogP contribution >= 0.6 is 0 Å². The molecule has 1 fully saturated rings. The fraction of sp³-hybridized carbons (Fsp3) is 0.267. The minimum atomic E-state index is -0.836. The summed E-state index contributed by atoms with van der Waals surface area (Å²) in [5, 5.41) is 26.7. The summed E-state index contributed by atoms with van der Waals surface area (Å²) in [4.78, 5) is 27.6. The minimum Gasteiger partial charge on any atom is -0.395 e. The van der Waals surface area contributed by atoms with Crippen LogP contribution in [0.25, 0.3) is 5.69 Å². The first-order chi connectivity index (χ1) is 20.4. The normalized spacial score (nSPS) is 13.1. The number of nitrogens with one attached hydrogen (secondary N) is 3. The molecular formula is C30H31F2N7O3. The summed E-state index contributed by atoms with van der Waals surface area (Å²) in [5.74, 6) is -2.36. The molecule has 0 unspecified atom stereocenters. The number of halogens is 2. The quantitative estimate of drug-likeness (QED) is 0.220. The second kappa shape index (κ2) is 13.2. The van der Waals surface area contributed by atoms with Crippen LogP contribution in [0.5, 0.6) is 0 Å². The number of carbonyl (C=O) groups excluding carboxylic acids is 2. The van der Waals surface area contributed by atoms with E-state index >= 15 is 0 Å². The van der Waals surface area contributed by atoms with Gasteiger partial charge in [0, 0.05) is 48.3 Å². The van der Waals surface area contributed by atoms with Crippen molar-refractivity contribution in [3.05, 3.63) is 95.3 Å². The third kappa shape index (κ3) is 7.07. The van der Waals surface area contributed by atoms with Crippen molar-refractivity contribution in [2.75, 3.05) is 42.2 Å². The summed E-state index contributed by atoms with van der Waals surface area (Å²) in [6, 6.07) is 14.9. The van der Waals surface area contributed by atoms with Crippen LogP contribution in [0.1, 0.15) is 45.7 Å². The summed E-state index contributed by atoms with van der Waals surface area (Å²) < 4.78 is 28.6. The van der Waals surface area contributed by atoms with Gasteiger partial charge in [-0.05, 0) is 67.8 Å². The van der Waals surface area contributed by atoms with Crippen molar-refractivity contribution in [3.63, 3.8) is 0 Å². The molecule has 1 saturated heterocycles. The molecule has 3 aromatic carbocycles. The molecule has 2 amide bonds. The molecule has 0 radical (unpaired) electrons. The number of hydrogen-bond donors (Lipinski definition) is 4. The Morgan fingerprint density at radius 2 is 1.69 bits per heavy atom. The lowest BCUT2D eigenvalue weighted by Crippen LogP contribution is -2.36. The average Bonchev–Trinajstić information content (AvgIpc) is 3.48. The van der Waals surface area contributed by atoms with Gasteiger partial charge in [-0.1, -0.05) is 11.3 Å². The van der Waals surface area contributed by atoms with E-state index in [0.29, 0.717) is 47.5 Å². The second-order valence-electron chi connectivity index (χ2n) is 9.93. The molecule has 0 atom stereocenters. The number of likely N-dealkylation sites (tertiary alicyclic amines) is 1. The van der Waals surface area contributed by atoms with E-state index in [-0.39, 0.29) is 18.1 Å². The molecule has 1 aromatic heterocycles. The van der Waals surface area contributed by atoms with Crippen LogP contribution in [0.15, 0.2) is 66.9 Å². The molecule has 4 aromatic rings. The lowest BCUT2D eigenvalue weighted by atomic mass is 10.1. The Morgan fingerprint density at radius 1 is 0.905 bits per heavy atom. The SMILES string of the molecule is O=C(Nc1cccc(-n2cc(CNc3ccc(NCCO)c(C(=O)N4CCCCC4)c3)nn2)c1)c1cc(F)cc(F)c1. The Balaban J connectivity index is 1.26. The van der Waals surface area contributed by atoms with Gasteiger partial charge < -0.3 is 26.0 Å². The van der Waals surface area contributed by atoms with Crippen molar-refractivity contribution in [1.82, 2.24) is 19.9 Å². The number of benzene rings is 3. The number of nitrogens with zero attached hydrogens (tertiary/aromatic N) is 4. The van der Waals surface area contributed by atoms with E-state index in [4.69, 9.17) is 0 Å². The highest BCUT2D eigenvalue weighted by atomic mass is 19.1. The highest BCUT2D eigenvalue weighted by molar-refractivity contribution is 6.04. The van der Waals surface area contributed by atoms with E-state index in [2.05, 4.69) is 26.3 Å². The van der Waals surface area contributed by atoms with Crippen LogP contribution < -0.4 is 16.0 Å². The first kappa shape index (κ1) is 28.7. The molecule has 0 bridgehead atoms. The average molecular weight is 576 g/mol. The van der Waals surface area contributed by atoms with Gasteiger partial charge in [-0.3, -0.25) is 9.59 Å². The molecule has 0 saturated carbocycles. The van der Waals surface area contributed by atoms with E-state index in [1.54, 1.807) is 41.2 Å². The molecule has 1 aliphatic rings. The highest BCUT2D eigenvalue weighted by Gasteiger charge is 2.21. The van der Waals surface area contributed by atoms with Gasteiger partial charge in [0.2, 0.25) is 0 Å². The van der Waals surface area contributed by atoms with E-state index < -0.39 is 17.5 Å². The zero-order valence-corrected chi connectivity index (χ0v) is 22.8. The summed E-state index contributed by atoms with van der Waals surface area (Å²) in [5.41, 5.74) is 3.47. The van der Waals surface area contributed by atoms with Gasteiger partial charge >= 0.3 is 0 Å². The topological polar surface area (TPSA) is 124 Å². The lowest BCUT2D eigenvalue weighted by Gasteiger charge is -2.28. The van der Waals surface area contributed by atoms with Crippen LogP contribution in [0.4, 0.5) is 25.8 Å². The molecule has 12 heteroatoms. The van der Waals surface area contributed by atoms with Crippen molar-refractivity contribution in [1.29, 1.82) is 0 Å². The van der Waals surface area contributed by atoms with Gasteiger partial charge in [-0.25, -0.2) is 13.5 Å². The van der Waals surface area contributed by atoms with Crippen molar-refractivity contribution in [3.8, 4) is 5.69 Å². The van der Waals surface area contributed by atoms with Crippen LogP contribution in [0.2, 0.25) is 0 Å². The van der Waals surface area contributed by atoms with E-state index in [0.717, 1.165) is 50.2 Å². The standard InChI is InChI=1S/C30H31F2N7O3/c31-21-13-20(14-22(32)15-21)29(41)35-24-5-4-6-26(16-24)39-19-25(36-37-39)18-34-23-7-8-28(33-9-12-40)27(17-23)30(42)38-10-2-1-3-11-38/h4-8,13-17,19,33-34,40H,1-3,9-12,18H2,(H,35,41). The summed E-state index contributed by atoms with van der Waals surface area (Å²) >= 11 is 0. The Labute approximate surface area is 241 Å². The molecule has 218 valence electrons. The van der Waals surface area contributed by atoms with E-state index in [1.165, 1.54) is 0 Å². The highest BCUT2D eigenvalue weighted by Crippen LogP contribution is 2.25. The molecule has 4 N–H and O–H groups in total. The third-order valence-corrected chi connectivity index (χ3v) is 6.83. The van der Waals surface area contributed by atoms with Crippen molar-refractivity contribution in [2.24, 2.45) is 0 Å². The van der Waals surface area contributed by atoms with E-state index in [9.17, 15) is 23.5 Å². The van der Waals surface area contributed by atoms with Crippen molar-refractivity contribution < 1.29 is 23.5 Å². The Hall–Kier alpha value is -4.84. The predicted molar refractivity (Wildman–Crippen MR) is 155 cm³/mol. The number of piperidine rings is 1. The van der Waals surface area contributed by atoms with Gasteiger partial charge in [-0.2, -0.15) is 0 Å². The molecule has 10 nitrogen and oxygen atoms in total. The maximum Gasteiger partial charge on any atom is 0.256 e. The fourth-order valence-electron chi connectivity index (χ4n) is 4.76. The first-order valence-corrected chi connectivity index (χ1v) is 13.7. The monoisotopic (exact) mass is 575 g/mol. The number of aromatic nitrogens is 3. The number of aliphatic hydroxyl groups excluding tert-OH is 1. The maximum absolute atomic E-state index is 13.5. The van der Waals surface area contributed by atoms with Crippen molar-refractivity contribution in [2.45, 2.75) is 25.8 Å². The maximum atomic E-state index is 13.5. The first-order valence-electron chi connectivity index (χ1n) is 13.7.